The minimum Gasteiger partial charge on any atom is -0.493 e. The topological polar surface area (TPSA) is 47.6 Å². The molecule has 1 aliphatic rings. The largest absolute Gasteiger partial charge is 0.493 e. The summed E-state index contributed by atoms with van der Waals surface area (Å²) in [6.07, 6.45) is 1.70. The second-order valence-electron chi connectivity index (χ2n) is 3.59. The first kappa shape index (κ1) is 14.2. The summed E-state index contributed by atoms with van der Waals surface area (Å²) in [5.74, 6) is 0.763. The van der Waals surface area contributed by atoms with Crippen molar-refractivity contribution in [1.29, 1.82) is 0 Å². The molecule has 0 atom stereocenters. The van der Waals surface area contributed by atoms with Gasteiger partial charge in [-0.3, -0.25) is 4.79 Å². The number of methoxy groups -OCH3 is 2. The first-order valence-electron chi connectivity index (χ1n) is 5.21. The van der Waals surface area contributed by atoms with E-state index in [9.17, 15) is 4.79 Å². The highest BCUT2D eigenvalue weighted by Gasteiger charge is 2.22. The second-order valence-corrected chi connectivity index (χ2v) is 5.72. The van der Waals surface area contributed by atoms with Gasteiger partial charge in [-0.05, 0) is 23.8 Å². The van der Waals surface area contributed by atoms with Gasteiger partial charge in [-0.1, -0.05) is 35.6 Å². The lowest BCUT2D eigenvalue weighted by Gasteiger charge is -2.10. The fourth-order valence-electron chi connectivity index (χ4n) is 1.59. The van der Waals surface area contributed by atoms with Crippen molar-refractivity contribution in [3.05, 3.63) is 27.6 Å². The molecule has 1 N–H and O–H groups in total. The van der Waals surface area contributed by atoms with E-state index in [1.165, 1.54) is 26.0 Å². The van der Waals surface area contributed by atoms with E-state index in [4.69, 9.17) is 33.3 Å². The first-order chi connectivity index (χ1) is 9.05. The van der Waals surface area contributed by atoms with Crippen LogP contribution in [0, 0.1) is 0 Å². The SMILES string of the molecule is COc1cc(/C=C2\SC(=S)NC2=O)cc(Cl)c1OC. The fourth-order valence-corrected chi connectivity index (χ4v) is 2.93. The molecular formula is C12H10ClNO3S2. The van der Waals surface area contributed by atoms with E-state index in [-0.39, 0.29) is 5.91 Å². The lowest BCUT2D eigenvalue weighted by atomic mass is 10.2. The van der Waals surface area contributed by atoms with Gasteiger partial charge in [0, 0.05) is 0 Å². The van der Waals surface area contributed by atoms with E-state index in [2.05, 4.69) is 5.32 Å². The van der Waals surface area contributed by atoms with Gasteiger partial charge in [-0.15, -0.1) is 0 Å². The van der Waals surface area contributed by atoms with Crippen molar-refractivity contribution in [2.24, 2.45) is 0 Å². The number of hydrogen-bond acceptors (Lipinski definition) is 5. The summed E-state index contributed by atoms with van der Waals surface area (Å²) in [4.78, 5) is 12.1. The maximum Gasteiger partial charge on any atom is 0.263 e. The van der Waals surface area contributed by atoms with Crippen molar-refractivity contribution in [1.82, 2.24) is 5.32 Å². The molecule has 0 aliphatic carbocycles. The minimum atomic E-state index is -0.207. The van der Waals surface area contributed by atoms with Gasteiger partial charge in [0.2, 0.25) is 0 Å². The predicted molar refractivity (Wildman–Crippen MR) is 80.9 cm³/mol. The van der Waals surface area contributed by atoms with E-state index in [1.807, 2.05) is 0 Å². The Balaban J connectivity index is 2.42. The van der Waals surface area contributed by atoms with Crippen molar-refractivity contribution in [2.45, 2.75) is 0 Å². The van der Waals surface area contributed by atoms with Gasteiger partial charge in [0.25, 0.3) is 5.91 Å². The molecular weight excluding hydrogens is 306 g/mol. The molecule has 1 aromatic carbocycles. The van der Waals surface area contributed by atoms with Gasteiger partial charge in [0.05, 0.1) is 24.1 Å². The number of benzene rings is 1. The Labute approximate surface area is 125 Å². The summed E-state index contributed by atoms with van der Waals surface area (Å²) in [7, 11) is 3.04. The van der Waals surface area contributed by atoms with E-state index in [0.717, 1.165) is 5.56 Å². The summed E-state index contributed by atoms with van der Waals surface area (Å²) in [6.45, 7) is 0. The summed E-state index contributed by atoms with van der Waals surface area (Å²) in [5.41, 5.74) is 0.741. The van der Waals surface area contributed by atoms with Crippen LogP contribution >= 0.6 is 35.6 Å². The summed E-state index contributed by atoms with van der Waals surface area (Å²) >= 11 is 12.2. The first-order valence-corrected chi connectivity index (χ1v) is 6.81. The van der Waals surface area contributed by atoms with E-state index < -0.39 is 0 Å². The van der Waals surface area contributed by atoms with Gasteiger partial charge in [0.1, 0.15) is 4.32 Å². The molecule has 1 heterocycles. The van der Waals surface area contributed by atoms with Gasteiger partial charge >= 0.3 is 0 Å². The van der Waals surface area contributed by atoms with Crippen LogP contribution in [0.15, 0.2) is 17.0 Å². The molecule has 1 saturated heterocycles. The number of halogens is 1. The van der Waals surface area contributed by atoms with Crippen LogP contribution in [0.25, 0.3) is 6.08 Å². The minimum absolute atomic E-state index is 0.207. The fraction of sp³-hybridized carbons (Fsp3) is 0.167. The van der Waals surface area contributed by atoms with Crippen LogP contribution < -0.4 is 14.8 Å². The predicted octanol–water partition coefficient (Wildman–Crippen LogP) is 2.85. The number of rotatable bonds is 3. The second kappa shape index (κ2) is 5.81. The van der Waals surface area contributed by atoms with Crippen LogP contribution in [0.3, 0.4) is 0 Å². The molecule has 0 spiro atoms. The highest BCUT2D eigenvalue weighted by atomic mass is 35.5. The Morgan fingerprint density at radius 2 is 2.11 bits per heavy atom. The molecule has 0 unspecified atom stereocenters. The molecule has 1 aliphatic heterocycles. The molecule has 0 radical (unpaired) electrons. The maximum atomic E-state index is 11.6. The molecule has 2 rings (SSSR count). The molecule has 100 valence electrons. The van der Waals surface area contributed by atoms with Crippen LogP contribution in [0.1, 0.15) is 5.56 Å². The van der Waals surface area contributed by atoms with Crippen LogP contribution in [-0.4, -0.2) is 24.4 Å². The number of carbonyl (C=O) groups excluding carboxylic acids is 1. The number of hydrogen-bond donors (Lipinski definition) is 1. The third kappa shape index (κ3) is 3.02. The number of amides is 1. The average Bonchev–Trinajstić information content (AvgIpc) is 2.67. The monoisotopic (exact) mass is 315 g/mol. The number of carbonyl (C=O) groups is 1. The number of ether oxygens (including phenoxy) is 2. The highest BCUT2D eigenvalue weighted by molar-refractivity contribution is 8.26. The number of thiocarbonyl (C=S) groups is 1. The zero-order valence-electron chi connectivity index (χ0n) is 10.2. The molecule has 4 nitrogen and oxygen atoms in total. The van der Waals surface area contributed by atoms with E-state index in [0.29, 0.717) is 25.7 Å². The van der Waals surface area contributed by atoms with Crippen LogP contribution in [0.2, 0.25) is 5.02 Å². The van der Waals surface area contributed by atoms with Gasteiger partial charge in [0.15, 0.2) is 11.5 Å². The third-order valence-corrected chi connectivity index (χ3v) is 3.84. The molecule has 0 aromatic heterocycles. The zero-order valence-corrected chi connectivity index (χ0v) is 12.5. The van der Waals surface area contributed by atoms with Crippen molar-refractivity contribution in [3.63, 3.8) is 0 Å². The Bertz CT molecular complexity index is 587. The Morgan fingerprint density at radius 3 is 2.63 bits per heavy atom. The molecule has 7 heteroatoms. The van der Waals surface area contributed by atoms with Crippen LogP contribution in [0.5, 0.6) is 11.5 Å². The third-order valence-electron chi connectivity index (χ3n) is 2.40. The smallest absolute Gasteiger partial charge is 0.263 e. The molecule has 1 fully saturated rings. The number of thioether (sulfide) groups is 1. The highest BCUT2D eigenvalue weighted by Crippen LogP contribution is 2.37. The van der Waals surface area contributed by atoms with Gasteiger partial charge in [-0.2, -0.15) is 0 Å². The number of nitrogens with one attached hydrogen (secondary N) is 1. The summed E-state index contributed by atoms with van der Waals surface area (Å²) < 4.78 is 10.8. The Kier molecular flexibility index (Phi) is 4.34. The molecule has 1 amide bonds. The molecule has 19 heavy (non-hydrogen) atoms. The lowest BCUT2D eigenvalue weighted by molar-refractivity contribution is -0.115. The van der Waals surface area contributed by atoms with Crippen molar-refractivity contribution in [3.8, 4) is 11.5 Å². The summed E-state index contributed by atoms with van der Waals surface area (Å²) in [6, 6.07) is 3.44. The van der Waals surface area contributed by atoms with Crippen molar-refractivity contribution >= 4 is 51.9 Å². The standard InChI is InChI=1S/C12H10ClNO3S2/c1-16-8-4-6(3-7(13)10(8)17-2)5-9-11(15)14-12(18)19-9/h3-5H,1-2H3,(H,14,15,18)/b9-5-. The maximum absolute atomic E-state index is 11.6. The Morgan fingerprint density at radius 1 is 1.37 bits per heavy atom. The van der Waals surface area contributed by atoms with Crippen LogP contribution in [-0.2, 0) is 4.79 Å². The van der Waals surface area contributed by atoms with E-state index in [1.54, 1.807) is 18.2 Å². The Hall–Kier alpha value is -1.24. The molecule has 0 saturated carbocycles. The zero-order chi connectivity index (χ0) is 14.0. The normalized spacial score (nSPS) is 16.7. The quantitative estimate of drug-likeness (QED) is 0.686. The van der Waals surface area contributed by atoms with Crippen molar-refractivity contribution < 1.29 is 14.3 Å². The molecule has 0 bridgehead atoms. The van der Waals surface area contributed by atoms with Gasteiger partial charge in [-0.25, -0.2) is 0 Å². The van der Waals surface area contributed by atoms with E-state index >= 15 is 0 Å². The summed E-state index contributed by atoms with van der Waals surface area (Å²) in [5, 5.41) is 2.97. The van der Waals surface area contributed by atoms with Crippen LogP contribution in [0.4, 0.5) is 0 Å². The lowest BCUT2D eigenvalue weighted by Crippen LogP contribution is -2.17. The van der Waals surface area contributed by atoms with Crippen molar-refractivity contribution in [2.75, 3.05) is 14.2 Å². The van der Waals surface area contributed by atoms with Gasteiger partial charge < -0.3 is 14.8 Å². The molecule has 1 aromatic rings. The average molecular weight is 316 g/mol.